The van der Waals surface area contributed by atoms with Gasteiger partial charge in [0.2, 0.25) is 0 Å². The lowest BCUT2D eigenvalue weighted by atomic mass is 9.96. The molecule has 122 valence electrons. The lowest BCUT2D eigenvalue weighted by molar-refractivity contribution is -0.154. The predicted octanol–water partition coefficient (Wildman–Crippen LogP) is 2.76. The van der Waals surface area contributed by atoms with Crippen molar-refractivity contribution in [1.29, 1.82) is 0 Å². The van der Waals surface area contributed by atoms with E-state index in [1.54, 1.807) is 13.8 Å². The molecule has 1 atom stereocenters. The molecule has 0 N–H and O–H groups in total. The van der Waals surface area contributed by atoms with Gasteiger partial charge < -0.3 is 14.2 Å². The molecule has 0 amide bonds. The van der Waals surface area contributed by atoms with Crippen molar-refractivity contribution in [2.45, 2.75) is 33.6 Å². The van der Waals surface area contributed by atoms with E-state index in [1.165, 1.54) is 0 Å². The first kappa shape index (κ1) is 18.0. The Kier molecular flexibility index (Phi) is 8.04. The van der Waals surface area contributed by atoms with Crippen molar-refractivity contribution in [2.24, 2.45) is 5.92 Å². The average molecular weight is 308 g/mol. The number of hydrogen-bond donors (Lipinski definition) is 0. The van der Waals surface area contributed by atoms with Crippen molar-refractivity contribution in [3.05, 3.63) is 29.8 Å². The van der Waals surface area contributed by atoms with E-state index >= 15 is 0 Å². The Morgan fingerprint density at radius 2 is 1.59 bits per heavy atom. The Hall–Kier alpha value is -2.04. The molecule has 0 aliphatic rings. The van der Waals surface area contributed by atoms with E-state index in [-0.39, 0.29) is 18.4 Å². The van der Waals surface area contributed by atoms with Crippen molar-refractivity contribution in [3.63, 3.8) is 0 Å². The summed E-state index contributed by atoms with van der Waals surface area (Å²) in [5.41, 5.74) is 0.950. The number of carbonyl (C=O) groups is 2. The lowest BCUT2D eigenvalue weighted by Gasteiger charge is -2.15. The van der Waals surface area contributed by atoms with Crippen molar-refractivity contribution in [3.8, 4) is 5.75 Å². The molecule has 5 heteroatoms. The third-order valence-electron chi connectivity index (χ3n) is 3.05. The summed E-state index contributed by atoms with van der Waals surface area (Å²) in [5, 5.41) is 0. The summed E-state index contributed by atoms with van der Waals surface area (Å²) >= 11 is 0. The van der Waals surface area contributed by atoms with E-state index < -0.39 is 5.92 Å². The fraction of sp³-hybridized carbons (Fsp3) is 0.529. The molecule has 0 bridgehead atoms. The molecule has 0 aromatic heterocycles. The van der Waals surface area contributed by atoms with Crippen LogP contribution in [0, 0.1) is 5.92 Å². The van der Waals surface area contributed by atoms with Crippen LogP contribution in [0.5, 0.6) is 5.75 Å². The van der Waals surface area contributed by atoms with Crippen molar-refractivity contribution in [1.82, 2.24) is 0 Å². The minimum atomic E-state index is -0.531. The second-order valence-corrected chi connectivity index (χ2v) is 4.74. The average Bonchev–Trinajstić information content (AvgIpc) is 2.49. The van der Waals surface area contributed by atoms with Crippen molar-refractivity contribution >= 4 is 11.9 Å². The normalized spacial score (nSPS) is 11.6. The summed E-state index contributed by atoms with van der Waals surface area (Å²) in [6.45, 7) is 6.61. The van der Waals surface area contributed by atoms with Crippen LogP contribution in [0.2, 0.25) is 0 Å². The number of esters is 2. The Labute approximate surface area is 131 Å². The number of rotatable bonds is 9. The summed E-state index contributed by atoms with van der Waals surface area (Å²) in [7, 11) is 0. The number of hydrogen-bond acceptors (Lipinski definition) is 5. The monoisotopic (exact) mass is 308 g/mol. The molecule has 0 heterocycles. The highest BCUT2D eigenvalue weighted by molar-refractivity contribution is 5.80. The van der Waals surface area contributed by atoms with Gasteiger partial charge in [-0.15, -0.1) is 0 Å². The third kappa shape index (κ3) is 6.16. The summed E-state index contributed by atoms with van der Waals surface area (Å²) in [6, 6.07) is 7.49. The molecular formula is C17H24O5. The van der Waals surface area contributed by atoms with E-state index in [0.29, 0.717) is 26.2 Å². The lowest BCUT2D eigenvalue weighted by Crippen LogP contribution is -2.24. The van der Waals surface area contributed by atoms with Gasteiger partial charge in [0.15, 0.2) is 0 Å². The molecule has 0 saturated heterocycles. The molecule has 5 nitrogen and oxygen atoms in total. The van der Waals surface area contributed by atoms with Crippen molar-refractivity contribution < 1.29 is 23.8 Å². The summed E-state index contributed by atoms with van der Waals surface area (Å²) in [4.78, 5) is 23.6. The van der Waals surface area contributed by atoms with Gasteiger partial charge in [0.05, 0.1) is 32.2 Å². The first-order valence-electron chi connectivity index (χ1n) is 7.64. The van der Waals surface area contributed by atoms with Gasteiger partial charge in [0.1, 0.15) is 5.75 Å². The van der Waals surface area contributed by atoms with Crippen LogP contribution in [0.1, 0.15) is 32.8 Å². The first-order chi connectivity index (χ1) is 10.6. The maximum absolute atomic E-state index is 12.0. The molecule has 0 aliphatic heterocycles. The molecule has 0 fully saturated rings. The Bertz CT molecular complexity index is 466. The largest absolute Gasteiger partial charge is 0.494 e. The zero-order valence-corrected chi connectivity index (χ0v) is 13.5. The fourth-order valence-electron chi connectivity index (χ4n) is 2.09. The van der Waals surface area contributed by atoms with Gasteiger partial charge in [-0.25, -0.2) is 0 Å². The van der Waals surface area contributed by atoms with Gasteiger partial charge in [-0.2, -0.15) is 0 Å². The topological polar surface area (TPSA) is 61.8 Å². The maximum atomic E-state index is 12.0. The standard InChI is InChI=1S/C17H24O5/c1-4-20-15-9-7-13(8-10-15)11-14(17(19)22-6-3)12-16(18)21-5-2/h7-10,14H,4-6,11-12H2,1-3H3. The predicted molar refractivity (Wildman–Crippen MR) is 82.7 cm³/mol. The van der Waals surface area contributed by atoms with E-state index in [2.05, 4.69) is 0 Å². The molecule has 0 spiro atoms. The van der Waals surface area contributed by atoms with Gasteiger partial charge in [-0.05, 0) is 44.9 Å². The van der Waals surface area contributed by atoms with E-state index in [4.69, 9.17) is 14.2 Å². The fourth-order valence-corrected chi connectivity index (χ4v) is 2.09. The zero-order chi connectivity index (χ0) is 16.4. The maximum Gasteiger partial charge on any atom is 0.309 e. The molecular weight excluding hydrogens is 284 g/mol. The molecule has 1 aromatic carbocycles. The minimum Gasteiger partial charge on any atom is -0.494 e. The molecule has 0 radical (unpaired) electrons. The van der Waals surface area contributed by atoms with Crippen LogP contribution in [-0.2, 0) is 25.5 Å². The van der Waals surface area contributed by atoms with Crippen LogP contribution in [0.15, 0.2) is 24.3 Å². The summed E-state index contributed by atoms with van der Waals surface area (Å²) in [6.07, 6.45) is 0.462. The highest BCUT2D eigenvalue weighted by Crippen LogP contribution is 2.18. The molecule has 0 aliphatic carbocycles. The minimum absolute atomic E-state index is 0.0277. The Morgan fingerprint density at radius 1 is 0.955 bits per heavy atom. The number of ether oxygens (including phenoxy) is 3. The summed E-state index contributed by atoms with van der Waals surface area (Å²) in [5.74, 6) is -0.503. The second kappa shape index (κ2) is 9.82. The second-order valence-electron chi connectivity index (χ2n) is 4.74. The van der Waals surface area contributed by atoms with E-state index in [0.717, 1.165) is 11.3 Å². The van der Waals surface area contributed by atoms with Crippen LogP contribution in [0.4, 0.5) is 0 Å². The van der Waals surface area contributed by atoms with Gasteiger partial charge >= 0.3 is 11.9 Å². The van der Waals surface area contributed by atoms with Crippen LogP contribution in [-0.4, -0.2) is 31.8 Å². The SMILES string of the molecule is CCOC(=O)CC(Cc1ccc(OCC)cc1)C(=O)OCC. The first-order valence-corrected chi connectivity index (χ1v) is 7.64. The molecule has 1 unspecified atom stereocenters. The Balaban J connectivity index is 2.73. The van der Waals surface area contributed by atoms with Gasteiger partial charge in [-0.3, -0.25) is 9.59 Å². The van der Waals surface area contributed by atoms with Gasteiger partial charge in [0, 0.05) is 0 Å². The van der Waals surface area contributed by atoms with E-state index in [9.17, 15) is 9.59 Å². The van der Waals surface area contributed by atoms with E-state index in [1.807, 2.05) is 31.2 Å². The smallest absolute Gasteiger partial charge is 0.309 e. The highest BCUT2D eigenvalue weighted by atomic mass is 16.5. The highest BCUT2D eigenvalue weighted by Gasteiger charge is 2.24. The Morgan fingerprint density at radius 3 is 2.14 bits per heavy atom. The quantitative estimate of drug-likeness (QED) is 0.656. The zero-order valence-electron chi connectivity index (χ0n) is 13.5. The molecule has 1 rings (SSSR count). The van der Waals surface area contributed by atoms with Crippen LogP contribution in [0.25, 0.3) is 0 Å². The van der Waals surface area contributed by atoms with Crippen molar-refractivity contribution in [2.75, 3.05) is 19.8 Å². The molecule has 22 heavy (non-hydrogen) atoms. The van der Waals surface area contributed by atoms with Crippen LogP contribution >= 0.6 is 0 Å². The third-order valence-corrected chi connectivity index (χ3v) is 3.05. The van der Waals surface area contributed by atoms with Gasteiger partial charge in [0.25, 0.3) is 0 Å². The number of carbonyl (C=O) groups excluding carboxylic acids is 2. The van der Waals surface area contributed by atoms with Gasteiger partial charge in [-0.1, -0.05) is 12.1 Å². The molecule has 1 aromatic rings. The van der Waals surface area contributed by atoms with Crippen LogP contribution in [0.3, 0.4) is 0 Å². The number of benzene rings is 1. The summed E-state index contributed by atoms with van der Waals surface area (Å²) < 4.78 is 15.4. The van der Waals surface area contributed by atoms with Crippen LogP contribution < -0.4 is 4.74 Å². The molecule has 0 saturated carbocycles.